The summed E-state index contributed by atoms with van der Waals surface area (Å²) in [7, 11) is 0. The molecular formula is C27H21BrN4O2S. The molecule has 2 aromatic heterocycles. The predicted molar refractivity (Wildman–Crippen MR) is 144 cm³/mol. The van der Waals surface area contributed by atoms with Gasteiger partial charge in [0.15, 0.2) is 5.13 Å². The first-order valence-corrected chi connectivity index (χ1v) is 13.0. The molecule has 1 saturated carbocycles. The van der Waals surface area contributed by atoms with Gasteiger partial charge in [0.2, 0.25) is 5.91 Å². The highest BCUT2D eigenvalue weighted by atomic mass is 79.9. The number of hydrogen-bond acceptors (Lipinski definition) is 4. The Hall–Kier alpha value is -3.49. The SMILES string of the molecule is O=C(NCc1cccc(Br)c1)c1c[nH]c2ccc(-c3ccc4nc(NC(=O)C5CC5)sc4c3)cc12. The van der Waals surface area contributed by atoms with Gasteiger partial charge in [0.25, 0.3) is 5.91 Å². The van der Waals surface area contributed by atoms with Crippen molar-refractivity contribution in [3.8, 4) is 11.1 Å². The van der Waals surface area contributed by atoms with Crippen molar-refractivity contribution in [2.75, 3.05) is 5.32 Å². The van der Waals surface area contributed by atoms with Crippen molar-refractivity contribution in [2.24, 2.45) is 5.92 Å². The van der Waals surface area contributed by atoms with Crippen LogP contribution >= 0.6 is 27.3 Å². The lowest BCUT2D eigenvalue weighted by molar-refractivity contribution is -0.117. The van der Waals surface area contributed by atoms with Crippen molar-refractivity contribution >= 4 is 65.3 Å². The van der Waals surface area contributed by atoms with Gasteiger partial charge in [0.05, 0.1) is 15.8 Å². The smallest absolute Gasteiger partial charge is 0.253 e. The highest BCUT2D eigenvalue weighted by molar-refractivity contribution is 9.10. The molecule has 0 spiro atoms. The van der Waals surface area contributed by atoms with E-state index in [4.69, 9.17) is 0 Å². The third-order valence-corrected chi connectivity index (χ3v) is 7.60. The molecule has 0 atom stereocenters. The number of thiazole rings is 1. The van der Waals surface area contributed by atoms with E-state index in [0.717, 1.165) is 55.1 Å². The summed E-state index contributed by atoms with van der Waals surface area (Å²) in [6, 6.07) is 20.0. The van der Waals surface area contributed by atoms with Gasteiger partial charge in [-0.2, -0.15) is 0 Å². The lowest BCUT2D eigenvalue weighted by atomic mass is 10.0. The standard InChI is InChI=1S/C27H21BrN4O2S/c28-19-3-1-2-15(10-19)13-30-26(34)21-14-29-22-8-6-17(11-20(21)22)18-7-9-23-24(12-18)35-27(31-23)32-25(33)16-4-5-16/h1-3,6-12,14,16,29H,4-5,13H2,(H,30,34)(H,31,32,33). The minimum atomic E-state index is -0.123. The second kappa shape index (κ2) is 8.94. The molecule has 6 nitrogen and oxygen atoms in total. The Morgan fingerprint density at radius 2 is 1.89 bits per heavy atom. The molecule has 174 valence electrons. The Bertz CT molecular complexity index is 1600. The van der Waals surface area contributed by atoms with Crippen LogP contribution in [-0.4, -0.2) is 21.8 Å². The first kappa shape index (κ1) is 22.0. The molecule has 6 rings (SSSR count). The van der Waals surface area contributed by atoms with Gasteiger partial charge in [-0.25, -0.2) is 4.98 Å². The molecule has 5 aromatic rings. The lowest BCUT2D eigenvalue weighted by Gasteiger charge is -2.06. The number of aromatic amines is 1. The maximum absolute atomic E-state index is 13.0. The Kier molecular flexibility index (Phi) is 5.62. The van der Waals surface area contributed by atoms with Crippen molar-refractivity contribution in [3.63, 3.8) is 0 Å². The van der Waals surface area contributed by atoms with E-state index in [1.165, 1.54) is 11.3 Å². The van der Waals surface area contributed by atoms with E-state index in [9.17, 15) is 9.59 Å². The van der Waals surface area contributed by atoms with Crippen molar-refractivity contribution < 1.29 is 9.59 Å². The van der Waals surface area contributed by atoms with Gasteiger partial charge in [0.1, 0.15) is 0 Å². The molecule has 2 amide bonds. The number of halogens is 1. The molecule has 0 unspecified atom stereocenters. The fourth-order valence-electron chi connectivity index (χ4n) is 4.12. The minimum absolute atomic E-state index is 0.0629. The van der Waals surface area contributed by atoms with Gasteiger partial charge in [-0.15, -0.1) is 0 Å². The van der Waals surface area contributed by atoms with Crippen molar-refractivity contribution in [1.29, 1.82) is 0 Å². The number of rotatable bonds is 6. The summed E-state index contributed by atoms with van der Waals surface area (Å²) in [4.78, 5) is 32.8. The van der Waals surface area contributed by atoms with E-state index >= 15 is 0 Å². The number of amides is 2. The maximum Gasteiger partial charge on any atom is 0.253 e. The van der Waals surface area contributed by atoms with Gasteiger partial charge in [0, 0.05) is 34.0 Å². The van der Waals surface area contributed by atoms with Gasteiger partial charge in [-0.05, 0) is 65.9 Å². The van der Waals surface area contributed by atoms with E-state index in [1.807, 2.05) is 54.6 Å². The number of hydrogen-bond donors (Lipinski definition) is 3. The molecule has 0 saturated heterocycles. The number of anilines is 1. The molecule has 2 heterocycles. The van der Waals surface area contributed by atoms with Crippen LogP contribution in [0.1, 0.15) is 28.8 Å². The molecule has 3 aromatic carbocycles. The number of aromatic nitrogens is 2. The number of carbonyl (C=O) groups excluding carboxylic acids is 2. The normalized spacial score (nSPS) is 13.3. The Balaban J connectivity index is 1.25. The van der Waals surface area contributed by atoms with Gasteiger partial charge in [-0.1, -0.05) is 51.5 Å². The van der Waals surface area contributed by atoms with Crippen LogP contribution in [-0.2, 0) is 11.3 Å². The average Bonchev–Trinajstić information content (AvgIpc) is 3.51. The average molecular weight is 545 g/mol. The fraction of sp³-hybridized carbons (Fsp3) is 0.148. The van der Waals surface area contributed by atoms with Crippen LogP contribution in [0, 0.1) is 5.92 Å². The second-order valence-corrected chi connectivity index (χ2v) is 10.7. The topological polar surface area (TPSA) is 86.9 Å². The number of nitrogens with one attached hydrogen (secondary N) is 3. The van der Waals surface area contributed by atoms with Gasteiger partial charge >= 0.3 is 0 Å². The lowest BCUT2D eigenvalue weighted by Crippen LogP contribution is -2.22. The summed E-state index contributed by atoms with van der Waals surface area (Å²) in [5, 5.41) is 7.46. The zero-order valence-electron chi connectivity index (χ0n) is 18.6. The van der Waals surface area contributed by atoms with E-state index in [2.05, 4.69) is 42.6 Å². The highest BCUT2D eigenvalue weighted by Gasteiger charge is 2.30. The summed E-state index contributed by atoms with van der Waals surface area (Å²) in [6.45, 7) is 0.451. The van der Waals surface area contributed by atoms with E-state index in [1.54, 1.807) is 6.20 Å². The van der Waals surface area contributed by atoms with Crippen LogP contribution in [0.25, 0.3) is 32.2 Å². The van der Waals surface area contributed by atoms with Crippen LogP contribution in [0.4, 0.5) is 5.13 Å². The van der Waals surface area contributed by atoms with Crippen LogP contribution in [0.5, 0.6) is 0 Å². The molecule has 0 radical (unpaired) electrons. The monoisotopic (exact) mass is 544 g/mol. The van der Waals surface area contributed by atoms with E-state index < -0.39 is 0 Å². The molecule has 0 bridgehead atoms. The third-order valence-electron chi connectivity index (χ3n) is 6.17. The highest BCUT2D eigenvalue weighted by Crippen LogP contribution is 2.34. The summed E-state index contributed by atoms with van der Waals surface area (Å²) in [6.07, 6.45) is 3.69. The Labute approximate surface area is 213 Å². The zero-order chi connectivity index (χ0) is 23.9. The van der Waals surface area contributed by atoms with Gasteiger partial charge in [-0.3, -0.25) is 9.59 Å². The number of benzene rings is 3. The number of nitrogens with zero attached hydrogens (tertiary/aromatic N) is 1. The number of H-pyrrole nitrogens is 1. The first-order chi connectivity index (χ1) is 17.0. The third kappa shape index (κ3) is 4.59. The molecule has 1 aliphatic carbocycles. The summed E-state index contributed by atoms with van der Waals surface area (Å²) < 4.78 is 1.99. The molecule has 1 aliphatic rings. The van der Waals surface area contributed by atoms with Gasteiger partial charge < -0.3 is 15.6 Å². The van der Waals surface area contributed by atoms with Crippen LogP contribution in [0.2, 0.25) is 0 Å². The van der Waals surface area contributed by atoms with Crippen LogP contribution in [0.15, 0.2) is 71.3 Å². The van der Waals surface area contributed by atoms with E-state index in [-0.39, 0.29) is 17.7 Å². The van der Waals surface area contributed by atoms with Crippen molar-refractivity contribution in [1.82, 2.24) is 15.3 Å². The predicted octanol–water partition coefficient (Wildman–Crippen LogP) is 6.49. The fourth-order valence-corrected chi connectivity index (χ4v) is 5.48. The summed E-state index contributed by atoms with van der Waals surface area (Å²) in [5.41, 5.74) is 5.45. The van der Waals surface area contributed by atoms with E-state index in [0.29, 0.717) is 17.2 Å². The zero-order valence-corrected chi connectivity index (χ0v) is 21.0. The molecule has 1 fully saturated rings. The maximum atomic E-state index is 13.0. The van der Waals surface area contributed by atoms with Crippen LogP contribution in [0.3, 0.4) is 0 Å². The molecule has 0 aliphatic heterocycles. The number of carbonyl (C=O) groups is 2. The molecule has 3 N–H and O–H groups in total. The van der Waals surface area contributed by atoms with Crippen molar-refractivity contribution in [3.05, 3.63) is 82.5 Å². The molecular weight excluding hydrogens is 524 g/mol. The Morgan fingerprint density at radius 1 is 1.06 bits per heavy atom. The van der Waals surface area contributed by atoms with Crippen molar-refractivity contribution in [2.45, 2.75) is 19.4 Å². The number of fused-ring (bicyclic) bond motifs is 2. The van der Waals surface area contributed by atoms with Crippen LogP contribution < -0.4 is 10.6 Å². The summed E-state index contributed by atoms with van der Waals surface area (Å²) >= 11 is 4.95. The second-order valence-electron chi connectivity index (χ2n) is 8.74. The Morgan fingerprint density at radius 3 is 2.71 bits per heavy atom. The molecule has 8 heteroatoms. The summed E-state index contributed by atoms with van der Waals surface area (Å²) in [5.74, 6) is 0.0850. The largest absolute Gasteiger partial charge is 0.360 e. The minimum Gasteiger partial charge on any atom is -0.360 e. The quantitative estimate of drug-likeness (QED) is 0.228. The molecule has 35 heavy (non-hydrogen) atoms. The first-order valence-electron chi connectivity index (χ1n) is 11.4.